The molecule has 1 aromatic carbocycles. The average molecular weight is 413 g/mol. The van der Waals surface area contributed by atoms with Crippen LogP contribution in [0.5, 0.6) is 0 Å². The van der Waals surface area contributed by atoms with Crippen molar-refractivity contribution in [2.24, 2.45) is 0 Å². The molecule has 27 heavy (non-hydrogen) atoms. The van der Waals surface area contributed by atoms with Gasteiger partial charge < -0.3 is 10.1 Å². The molecule has 2 N–H and O–H groups in total. The van der Waals surface area contributed by atoms with E-state index in [1.807, 2.05) is 0 Å². The van der Waals surface area contributed by atoms with E-state index in [4.69, 9.17) is 16.3 Å². The normalized spacial score (nSPS) is 14.7. The number of hydrogen-bond acceptors (Lipinski definition) is 5. The van der Waals surface area contributed by atoms with Gasteiger partial charge in [-0.1, -0.05) is 30.9 Å². The van der Waals surface area contributed by atoms with Gasteiger partial charge >= 0.3 is 12.0 Å². The molecule has 6 nitrogen and oxygen atoms in total. The first kappa shape index (κ1) is 19.6. The van der Waals surface area contributed by atoms with Crippen LogP contribution in [0.3, 0.4) is 0 Å². The third-order valence-electron chi connectivity index (χ3n) is 4.30. The predicted octanol–water partition coefficient (Wildman–Crippen LogP) is 4.01. The van der Waals surface area contributed by atoms with Crippen LogP contribution in [0.4, 0.5) is 9.18 Å². The van der Waals surface area contributed by atoms with Crippen LogP contribution in [0, 0.1) is 5.82 Å². The number of urea groups is 1. The molecule has 0 unspecified atom stereocenters. The van der Waals surface area contributed by atoms with Crippen LogP contribution in [-0.4, -0.2) is 30.6 Å². The van der Waals surface area contributed by atoms with E-state index in [-0.39, 0.29) is 15.9 Å². The van der Waals surface area contributed by atoms with Gasteiger partial charge in [-0.25, -0.2) is 14.0 Å². The number of thiophene rings is 1. The second kappa shape index (κ2) is 8.67. The van der Waals surface area contributed by atoms with E-state index in [1.54, 1.807) is 0 Å². The summed E-state index contributed by atoms with van der Waals surface area (Å²) in [6, 6.07) is 3.45. The van der Waals surface area contributed by atoms with Gasteiger partial charge in [-0.3, -0.25) is 10.1 Å². The molecule has 2 aromatic rings. The van der Waals surface area contributed by atoms with E-state index < -0.39 is 30.3 Å². The number of benzene rings is 1. The minimum atomic E-state index is -0.801. The maximum atomic E-state index is 13.3. The number of hydrogen-bond donors (Lipinski definition) is 2. The van der Waals surface area contributed by atoms with Crippen LogP contribution in [0.25, 0.3) is 10.1 Å². The number of carbonyl (C=O) groups excluding carboxylic acids is 3. The van der Waals surface area contributed by atoms with Crippen LogP contribution in [0.2, 0.25) is 5.02 Å². The first-order chi connectivity index (χ1) is 12.9. The molecule has 0 bridgehead atoms. The largest absolute Gasteiger partial charge is 0.451 e. The molecule has 3 amide bonds. The molecule has 0 spiro atoms. The number of ether oxygens (including phenoxy) is 1. The topological polar surface area (TPSA) is 84.5 Å². The van der Waals surface area contributed by atoms with Crippen LogP contribution < -0.4 is 10.6 Å². The van der Waals surface area contributed by atoms with Crippen molar-refractivity contribution in [2.45, 2.75) is 38.1 Å². The van der Waals surface area contributed by atoms with Crippen molar-refractivity contribution in [3.8, 4) is 0 Å². The summed E-state index contributed by atoms with van der Waals surface area (Å²) in [5, 5.41) is 5.55. The molecular formula is C18H18ClFN2O4S. The fourth-order valence-electron chi connectivity index (χ4n) is 3.00. The lowest BCUT2D eigenvalue weighted by Gasteiger charge is -2.22. The first-order valence-corrected chi connectivity index (χ1v) is 9.78. The van der Waals surface area contributed by atoms with Gasteiger partial charge in [-0.05, 0) is 31.0 Å². The van der Waals surface area contributed by atoms with Crippen molar-refractivity contribution in [3.05, 3.63) is 33.9 Å². The van der Waals surface area contributed by atoms with Gasteiger partial charge in [0.2, 0.25) is 0 Å². The molecule has 0 saturated heterocycles. The van der Waals surface area contributed by atoms with Crippen LogP contribution in [0.15, 0.2) is 18.2 Å². The van der Waals surface area contributed by atoms with Crippen LogP contribution in [0.1, 0.15) is 41.8 Å². The Balaban J connectivity index is 1.52. The van der Waals surface area contributed by atoms with Crippen molar-refractivity contribution in [1.29, 1.82) is 0 Å². The molecular weight excluding hydrogens is 395 g/mol. The van der Waals surface area contributed by atoms with Crippen molar-refractivity contribution in [1.82, 2.24) is 10.6 Å². The Morgan fingerprint density at radius 2 is 1.96 bits per heavy atom. The summed E-state index contributed by atoms with van der Waals surface area (Å²) in [5.74, 6) is -1.98. The number of esters is 1. The fourth-order valence-corrected chi connectivity index (χ4v) is 4.43. The zero-order chi connectivity index (χ0) is 19.4. The van der Waals surface area contributed by atoms with E-state index in [0.29, 0.717) is 10.1 Å². The zero-order valence-electron chi connectivity index (χ0n) is 14.3. The number of fused-ring (bicyclic) bond motifs is 1. The Bertz CT molecular complexity index is 880. The number of nitrogens with one attached hydrogen (secondary N) is 2. The molecule has 0 aliphatic heterocycles. The van der Waals surface area contributed by atoms with E-state index in [0.717, 1.165) is 43.4 Å². The third-order valence-corrected chi connectivity index (χ3v) is 5.94. The summed E-state index contributed by atoms with van der Waals surface area (Å²) < 4.78 is 18.7. The maximum Gasteiger partial charge on any atom is 0.350 e. The zero-order valence-corrected chi connectivity index (χ0v) is 15.9. The quantitative estimate of drug-likeness (QED) is 0.743. The van der Waals surface area contributed by atoms with Gasteiger partial charge in [0.1, 0.15) is 10.7 Å². The lowest BCUT2D eigenvalue weighted by Crippen LogP contribution is -2.46. The van der Waals surface area contributed by atoms with Gasteiger partial charge in [0.25, 0.3) is 5.91 Å². The summed E-state index contributed by atoms with van der Waals surface area (Å²) in [6.07, 6.45) is 5.04. The van der Waals surface area contributed by atoms with Gasteiger partial charge in [0.05, 0.1) is 5.02 Å². The SMILES string of the molecule is O=C(COC(=O)c1sc2cc(F)ccc2c1Cl)NC(=O)NC1CCCCC1. The van der Waals surface area contributed by atoms with Crippen LogP contribution >= 0.6 is 22.9 Å². The molecule has 144 valence electrons. The van der Waals surface area contributed by atoms with Crippen molar-refractivity contribution in [2.75, 3.05) is 6.61 Å². The summed E-state index contributed by atoms with van der Waals surface area (Å²) >= 11 is 7.11. The van der Waals surface area contributed by atoms with Crippen molar-refractivity contribution >= 4 is 50.9 Å². The smallest absolute Gasteiger partial charge is 0.350 e. The van der Waals surface area contributed by atoms with Gasteiger partial charge in [-0.2, -0.15) is 0 Å². The van der Waals surface area contributed by atoms with E-state index in [1.165, 1.54) is 18.2 Å². The molecule has 1 heterocycles. The Hall–Kier alpha value is -2.19. The number of halogens is 2. The van der Waals surface area contributed by atoms with Gasteiger partial charge in [-0.15, -0.1) is 11.3 Å². The monoisotopic (exact) mass is 412 g/mol. The van der Waals surface area contributed by atoms with Gasteiger partial charge in [0, 0.05) is 16.1 Å². The number of carbonyl (C=O) groups is 3. The number of imide groups is 1. The molecule has 9 heteroatoms. The summed E-state index contributed by atoms with van der Waals surface area (Å²) in [7, 11) is 0. The van der Waals surface area contributed by atoms with Gasteiger partial charge in [0.15, 0.2) is 6.61 Å². The molecule has 1 aliphatic carbocycles. The third kappa shape index (κ3) is 4.95. The highest BCUT2D eigenvalue weighted by Crippen LogP contribution is 2.36. The number of amides is 3. The second-order valence-corrected chi connectivity index (χ2v) is 7.75. The Morgan fingerprint density at radius 1 is 1.22 bits per heavy atom. The maximum absolute atomic E-state index is 13.3. The summed E-state index contributed by atoms with van der Waals surface area (Å²) in [5.41, 5.74) is 0. The number of rotatable bonds is 4. The Labute approximate surface area is 164 Å². The first-order valence-electron chi connectivity index (χ1n) is 8.59. The Kier molecular flexibility index (Phi) is 6.28. The van der Waals surface area contributed by atoms with E-state index >= 15 is 0 Å². The highest BCUT2D eigenvalue weighted by atomic mass is 35.5. The highest BCUT2D eigenvalue weighted by molar-refractivity contribution is 7.21. The lowest BCUT2D eigenvalue weighted by molar-refractivity contribution is -0.123. The lowest BCUT2D eigenvalue weighted by atomic mass is 9.96. The van der Waals surface area contributed by atoms with E-state index in [9.17, 15) is 18.8 Å². The summed E-state index contributed by atoms with van der Waals surface area (Å²) in [6.45, 7) is -0.615. The molecule has 1 saturated carbocycles. The standard InChI is InChI=1S/C18H18ClFN2O4S/c19-15-12-7-6-10(20)8-13(12)27-16(15)17(24)26-9-14(23)22-18(25)21-11-4-2-1-3-5-11/h6-8,11H,1-5,9H2,(H2,21,22,23,25). The summed E-state index contributed by atoms with van der Waals surface area (Å²) in [4.78, 5) is 35.8. The Morgan fingerprint density at radius 3 is 2.70 bits per heavy atom. The molecule has 1 fully saturated rings. The molecule has 0 radical (unpaired) electrons. The van der Waals surface area contributed by atoms with Crippen molar-refractivity contribution < 1.29 is 23.5 Å². The minimum Gasteiger partial charge on any atom is -0.451 e. The molecule has 1 aromatic heterocycles. The second-order valence-electron chi connectivity index (χ2n) is 6.32. The predicted molar refractivity (Wildman–Crippen MR) is 101 cm³/mol. The molecule has 3 rings (SSSR count). The molecule has 1 aliphatic rings. The highest BCUT2D eigenvalue weighted by Gasteiger charge is 2.21. The minimum absolute atomic E-state index is 0.0619. The molecule has 0 atom stereocenters. The fraction of sp³-hybridized carbons (Fsp3) is 0.389. The van der Waals surface area contributed by atoms with Crippen molar-refractivity contribution in [3.63, 3.8) is 0 Å². The van der Waals surface area contributed by atoms with Crippen LogP contribution in [-0.2, 0) is 9.53 Å². The van der Waals surface area contributed by atoms with E-state index in [2.05, 4.69) is 10.6 Å². The average Bonchev–Trinajstić information content (AvgIpc) is 2.96.